The number of carbonyl (C=O) groups excluding carboxylic acids is 2. The summed E-state index contributed by atoms with van der Waals surface area (Å²) in [6, 6.07) is 17.5. The molecular formula is C23H27N3O3. The van der Waals surface area contributed by atoms with E-state index in [1.54, 1.807) is 30.3 Å². The molecule has 3 N–H and O–H groups in total. The minimum atomic E-state index is -0.596. The molecule has 6 nitrogen and oxygen atoms in total. The van der Waals surface area contributed by atoms with Crippen LogP contribution in [0.3, 0.4) is 0 Å². The minimum absolute atomic E-state index is 0.0830. The van der Waals surface area contributed by atoms with Gasteiger partial charge >= 0.3 is 0 Å². The Morgan fingerprint density at radius 2 is 1.72 bits per heavy atom. The summed E-state index contributed by atoms with van der Waals surface area (Å²) in [7, 11) is 0. The molecule has 1 heterocycles. The molecule has 0 aliphatic carbocycles. The number of amides is 2. The summed E-state index contributed by atoms with van der Waals surface area (Å²) in [6.07, 6.45) is 4.96. The third-order valence-electron chi connectivity index (χ3n) is 5.22. The van der Waals surface area contributed by atoms with Crippen molar-refractivity contribution < 1.29 is 14.8 Å². The number of likely N-dealkylation sites (tertiary alicyclic amines) is 1. The van der Waals surface area contributed by atoms with Crippen molar-refractivity contribution in [3.05, 3.63) is 77.4 Å². The molecule has 1 aliphatic heterocycles. The Morgan fingerprint density at radius 3 is 2.38 bits per heavy atom. The SMILES string of the molecule is O=C(/C=C/c1ccc(C(=O)NCC2CCN(Cc3ccccc3)CC2)cc1)NO. The summed E-state index contributed by atoms with van der Waals surface area (Å²) in [5.41, 5.74) is 4.24. The van der Waals surface area contributed by atoms with Crippen molar-refractivity contribution in [1.29, 1.82) is 0 Å². The average molecular weight is 393 g/mol. The lowest BCUT2D eigenvalue weighted by Crippen LogP contribution is -2.38. The molecule has 29 heavy (non-hydrogen) atoms. The molecule has 0 saturated carbocycles. The van der Waals surface area contributed by atoms with Gasteiger partial charge in [-0.2, -0.15) is 0 Å². The van der Waals surface area contributed by atoms with Crippen LogP contribution in [-0.4, -0.2) is 41.6 Å². The first-order valence-corrected chi connectivity index (χ1v) is 9.91. The van der Waals surface area contributed by atoms with Gasteiger partial charge in [-0.15, -0.1) is 0 Å². The average Bonchev–Trinajstić information content (AvgIpc) is 2.78. The van der Waals surface area contributed by atoms with Crippen LogP contribution in [0.5, 0.6) is 0 Å². The fourth-order valence-corrected chi connectivity index (χ4v) is 3.48. The van der Waals surface area contributed by atoms with E-state index in [0.717, 1.165) is 38.0 Å². The van der Waals surface area contributed by atoms with Crippen LogP contribution in [0.1, 0.15) is 34.3 Å². The van der Waals surface area contributed by atoms with Crippen LogP contribution in [0.4, 0.5) is 0 Å². The Labute approximate surface area is 171 Å². The van der Waals surface area contributed by atoms with E-state index < -0.39 is 5.91 Å². The molecule has 1 saturated heterocycles. The van der Waals surface area contributed by atoms with Crippen LogP contribution >= 0.6 is 0 Å². The predicted octanol–water partition coefficient (Wildman–Crippen LogP) is 2.85. The molecule has 0 bridgehead atoms. The predicted molar refractivity (Wildman–Crippen MR) is 112 cm³/mol. The lowest BCUT2D eigenvalue weighted by atomic mass is 9.96. The van der Waals surface area contributed by atoms with E-state index in [4.69, 9.17) is 5.21 Å². The largest absolute Gasteiger partial charge is 0.352 e. The summed E-state index contributed by atoms with van der Waals surface area (Å²) >= 11 is 0. The second-order valence-corrected chi connectivity index (χ2v) is 7.35. The lowest BCUT2D eigenvalue weighted by molar-refractivity contribution is -0.124. The second-order valence-electron chi connectivity index (χ2n) is 7.35. The number of rotatable bonds is 7. The number of hydroxylamine groups is 1. The quantitative estimate of drug-likeness (QED) is 0.384. The maximum absolute atomic E-state index is 12.4. The zero-order valence-corrected chi connectivity index (χ0v) is 16.4. The highest BCUT2D eigenvalue weighted by atomic mass is 16.5. The number of piperidine rings is 1. The van der Waals surface area contributed by atoms with Gasteiger partial charge in [0.15, 0.2) is 0 Å². The number of hydrogen-bond acceptors (Lipinski definition) is 4. The molecule has 152 valence electrons. The summed E-state index contributed by atoms with van der Waals surface area (Å²) in [5, 5.41) is 11.5. The third-order valence-corrected chi connectivity index (χ3v) is 5.22. The highest BCUT2D eigenvalue weighted by Crippen LogP contribution is 2.18. The molecule has 3 rings (SSSR count). The normalized spacial score (nSPS) is 15.3. The number of nitrogens with zero attached hydrogens (tertiary/aromatic N) is 1. The smallest absolute Gasteiger partial charge is 0.267 e. The van der Waals surface area contributed by atoms with Crippen LogP contribution in [0.25, 0.3) is 6.08 Å². The molecule has 2 amide bonds. The number of carbonyl (C=O) groups is 2. The summed E-state index contributed by atoms with van der Waals surface area (Å²) in [5.74, 6) is -0.174. The van der Waals surface area contributed by atoms with Gasteiger partial charge in [0.25, 0.3) is 11.8 Å². The summed E-state index contributed by atoms with van der Waals surface area (Å²) in [4.78, 5) is 25.8. The molecular weight excluding hydrogens is 366 g/mol. The van der Waals surface area contributed by atoms with E-state index in [-0.39, 0.29) is 5.91 Å². The molecule has 0 atom stereocenters. The molecule has 2 aromatic carbocycles. The van der Waals surface area contributed by atoms with Crippen LogP contribution in [0, 0.1) is 5.92 Å². The van der Waals surface area contributed by atoms with E-state index in [1.165, 1.54) is 17.1 Å². The van der Waals surface area contributed by atoms with Crippen molar-refractivity contribution in [2.75, 3.05) is 19.6 Å². The van der Waals surface area contributed by atoms with E-state index in [2.05, 4.69) is 34.5 Å². The van der Waals surface area contributed by atoms with Gasteiger partial charge in [0.05, 0.1) is 0 Å². The van der Waals surface area contributed by atoms with Gasteiger partial charge in [0.2, 0.25) is 0 Å². The van der Waals surface area contributed by atoms with Gasteiger partial charge in [0, 0.05) is 24.7 Å². The van der Waals surface area contributed by atoms with Crippen molar-refractivity contribution in [3.63, 3.8) is 0 Å². The van der Waals surface area contributed by atoms with Crippen molar-refractivity contribution in [2.24, 2.45) is 5.92 Å². The Kier molecular flexibility index (Phi) is 7.55. The van der Waals surface area contributed by atoms with Gasteiger partial charge in [-0.05, 0) is 61.2 Å². The Balaban J connectivity index is 1.41. The third kappa shape index (κ3) is 6.55. The standard InChI is InChI=1S/C23H27N3O3/c27-22(25-29)11-8-18-6-9-21(10-7-18)23(28)24-16-19-12-14-26(15-13-19)17-20-4-2-1-3-5-20/h1-11,19,29H,12-17H2,(H,24,28)(H,25,27)/b11-8+. The first-order chi connectivity index (χ1) is 14.1. The molecule has 0 unspecified atom stereocenters. The number of benzene rings is 2. The Hall–Kier alpha value is -2.96. The molecule has 0 radical (unpaired) electrons. The summed E-state index contributed by atoms with van der Waals surface area (Å²) < 4.78 is 0. The van der Waals surface area contributed by atoms with E-state index in [0.29, 0.717) is 18.0 Å². The van der Waals surface area contributed by atoms with Crippen LogP contribution in [-0.2, 0) is 11.3 Å². The fourth-order valence-electron chi connectivity index (χ4n) is 3.48. The summed E-state index contributed by atoms with van der Waals surface area (Å²) in [6.45, 7) is 3.78. The van der Waals surface area contributed by atoms with Crippen molar-refractivity contribution in [1.82, 2.24) is 15.7 Å². The highest BCUT2D eigenvalue weighted by molar-refractivity contribution is 5.94. The maximum Gasteiger partial charge on any atom is 0.267 e. The van der Waals surface area contributed by atoms with Crippen LogP contribution in [0.15, 0.2) is 60.7 Å². The zero-order valence-electron chi connectivity index (χ0n) is 16.4. The highest BCUT2D eigenvalue weighted by Gasteiger charge is 2.20. The first kappa shape index (κ1) is 20.8. The maximum atomic E-state index is 12.4. The molecule has 0 aromatic heterocycles. The Morgan fingerprint density at radius 1 is 1.03 bits per heavy atom. The van der Waals surface area contributed by atoms with Gasteiger partial charge in [-0.1, -0.05) is 42.5 Å². The van der Waals surface area contributed by atoms with E-state index >= 15 is 0 Å². The van der Waals surface area contributed by atoms with Crippen molar-refractivity contribution >= 4 is 17.9 Å². The number of hydrogen-bond donors (Lipinski definition) is 3. The van der Waals surface area contributed by atoms with Gasteiger partial charge in [-0.3, -0.25) is 19.7 Å². The monoisotopic (exact) mass is 393 g/mol. The topological polar surface area (TPSA) is 81.7 Å². The second kappa shape index (κ2) is 10.5. The number of nitrogens with one attached hydrogen (secondary N) is 2. The molecule has 1 aliphatic rings. The van der Waals surface area contributed by atoms with E-state index in [1.807, 2.05) is 6.07 Å². The van der Waals surface area contributed by atoms with Crippen LogP contribution < -0.4 is 10.8 Å². The van der Waals surface area contributed by atoms with Gasteiger partial charge < -0.3 is 5.32 Å². The minimum Gasteiger partial charge on any atom is -0.352 e. The first-order valence-electron chi connectivity index (χ1n) is 9.91. The van der Waals surface area contributed by atoms with Crippen molar-refractivity contribution in [3.8, 4) is 0 Å². The molecule has 2 aromatic rings. The van der Waals surface area contributed by atoms with E-state index in [9.17, 15) is 9.59 Å². The van der Waals surface area contributed by atoms with Gasteiger partial charge in [0.1, 0.15) is 0 Å². The molecule has 0 spiro atoms. The van der Waals surface area contributed by atoms with Crippen LogP contribution in [0.2, 0.25) is 0 Å². The van der Waals surface area contributed by atoms with Crippen molar-refractivity contribution in [2.45, 2.75) is 19.4 Å². The lowest BCUT2D eigenvalue weighted by Gasteiger charge is -2.32. The fraction of sp³-hybridized carbons (Fsp3) is 0.304. The molecule has 6 heteroatoms. The molecule has 1 fully saturated rings. The zero-order chi connectivity index (χ0) is 20.5. The van der Waals surface area contributed by atoms with Gasteiger partial charge in [-0.25, -0.2) is 5.48 Å². The Bertz CT molecular complexity index is 826.